The van der Waals surface area contributed by atoms with Crippen molar-refractivity contribution < 1.29 is 24.1 Å². The van der Waals surface area contributed by atoms with Crippen molar-refractivity contribution in [3.63, 3.8) is 0 Å². The molecule has 5 N–H and O–H groups in total. The number of aliphatic imine (C=N–C) groups is 1. The maximum Gasteiger partial charge on any atom is 0.405 e. The van der Waals surface area contributed by atoms with E-state index in [1.807, 2.05) is 0 Å². The summed E-state index contributed by atoms with van der Waals surface area (Å²) in [7, 11) is 0. The highest BCUT2D eigenvalue weighted by atomic mass is 35.5. The Bertz CT molecular complexity index is 1510. The number of aryl methyl sites for hydroxylation is 1. The quantitative estimate of drug-likeness (QED) is 0.207. The summed E-state index contributed by atoms with van der Waals surface area (Å²) in [5.41, 5.74) is 5.44. The van der Waals surface area contributed by atoms with Crippen LogP contribution in [-0.2, 0) is 6.10 Å². The van der Waals surface area contributed by atoms with Crippen LogP contribution in [0.5, 0.6) is 0 Å². The molecular weight excluding hydrogens is 510 g/mol. The maximum atomic E-state index is 15.4. The molecule has 0 aliphatic heterocycles. The molecule has 1 aliphatic rings. The van der Waals surface area contributed by atoms with Gasteiger partial charge in [0, 0.05) is 23.4 Å². The second-order valence-electron chi connectivity index (χ2n) is 8.48. The Hall–Kier alpha value is -3.71. The predicted octanol–water partition coefficient (Wildman–Crippen LogP) is 2.73. The minimum absolute atomic E-state index is 0.141. The molecule has 194 valence electrons. The second kappa shape index (κ2) is 9.98. The Morgan fingerprint density at radius 1 is 1.32 bits per heavy atom. The Labute approximate surface area is 214 Å². The van der Waals surface area contributed by atoms with Gasteiger partial charge in [0.2, 0.25) is 0 Å². The van der Waals surface area contributed by atoms with Crippen molar-refractivity contribution in [2.45, 2.75) is 38.2 Å². The van der Waals surface area contributed by atoms with Gasteiger partial charge in [-0.25, -0.2) is 8.78 Å². The molecule has 2 unspecified atom stereocenters. The molecule has 10 nitrogen and oxygen atoms in total. The maximum absolute atomic E-state index is 15.4. The summed E-state index contributed by atoms with van der Waals surface area (Å²) < 4.78 is 31.1. The van der Waals surface area contributed by atoms with E-state index in [2.05, 4.69) is 15.2 Å². The number of nitrogen functional groups attached to an aromatic ring is 1. The summed E-state index contributed by atoms with van der Waals surface area (Å²) in [5.74, 6) is -2.30. The molecule has 2 aromatic heterocycles. The Morgan fingerprint density at radius 3 is 2.70 bits per heavy atom. The molecule has 4 rings (SSSR count). The molecule has 1 aliphatic carbocycles. The van der Waals surface area contributed by atoms with E-state index in [4.69, 9.17) is 17.3 Å². The average molecular weight is 533 g/mol. The van der Waals surface area contributed by atoms with Crippen molar-refractivity contribution in [2.75, 3.05) is 5.73 Å². The van der Waals surface area contributed by atoms with Gasteiger partial charge in [-0.3, -0.25) is 14.4 Å². The lowest BCUT2D eigenvalue weighted by Crippen LogP contribution is -2.34. The fourth-order valence-electron chi connectivity index (χ4n) is 3.95. The monoisotopic (exact) mass is 532 g/mol. The zero-order valence-electron chi connectivity index (χ0n) is 19.7. The topological polar surface area (TPSA) is 152 Å². The number of rotatable bonds is 7. The summed E-state index contributed by atoms with van der Waals surface area (Å²) in [4.78, 5) is 17.4. The van der Waals surface area contributed by atoms with Crippen LogP contribution in [0.2, 0.25) is 5.02 Å². The highest BCUT2D eigenvalue weighted by molar-refractivity contribution is 6.31. The van der Waals surface area contributed by atoms with Gasteiger partial charge in [0.05, 0.1) is 23.8 Å². The summed E-state index contributed by atoms with van der Waals surface area (Å²) in [6, 6.07) is 5.74. The molecule has 2 atom stereocenters. The van der Waals surface area contributed by atoms with E-state index >= 15 is 4.39 Å². The molecular formula is C24H23ClF2N6O4. The normalized spacial score (nSPS) is 18.6. The van der Waals surface area contributed by atoms with E-state index < -0.39 is 23.3 Å². The zero-order valence-corrected chi connectivity index (χ0v) is 20.4. The third kappa shape index (κ3) is 5.23. The fraction of sp³-hybridized carbons (Fsp3) is 0.250. The van der Waals surface area contributed by atoms with Gasteiger partial charge in [-0.05, 0) is 49.9 Å². The molecule has 0 bridgehead atoms. The molecule has 13 heteroatoms. The van der Waals surface area contributed by atoms with Gasteiger partial charge >= 0.3 is 6.10 Å². The van der Waals surface area contributed by atoms with Gasteiger partial charge in [-0.1, -0.05) is 28.5 Å². The minimum atomic E-state index is -3.24. The average Bonchev–Trinajstić information content (AvgIpc) is 3.46. The molecule has 0 spiro atoms. The number of aliphatic hydroxyl groups is 3. The summed E-state index contributed by atoms with van der Waals surface area (Å²) in [6.45, 7) is 3.24. The number of nitrogens with zero attached hydrogens (tertiary/aromatic N) is 5. The molecule has 1 fully saturated rings. The van der Waals surface area contributed by atoms with Crippen LogP contribution in [0.3, 0.4) is 0 Å². The number of halogens is 3. The van der Waals surface area contributed by atoms with Crippen LogP contribution in [0.25, 0.3) is 6.20 Å². The first-order valence-electron chi connectivity index (χ1n) is 11.1. The van der Waals surface area contributed by atoms with E-state index in [1.54, 1.807) is 19.9 Å². The lowest BCUT2D eigenvalue weighted by atomic mass is 10.1. The molecule has 1 saturated carbocycles. The number of anilines is 1. The highest BCUT2D eigenvalue weighted by Gasteiger charge is 2.44. The second-order valence-corrected chi connectivity index (χ2v) is 8.86. The van der Waals surface area contributed by atoms with Crippen molar-refractivity contribution in [3.05, 3.63) is 92.3 Å². The summed E-state index contributed by atoms with van der Waals surface area (Å²) >= 11 is 6.38. The van der Waals surface area contributed by atoms with Crippen molar-refractivity contribution in [1.29, 1.82) is 0 Å². The van der Waals surface area contributed by atoms with E-state index in [1.165, 1.54) is 36.7 Å². The summed E-state index contributed by atoms with van der Waals surface area (Å²) in [5, 5.41) is 34.9. The van der Waals surface area contributed by atoms with Crippen LogP contribution in [0.15, 0.2) is 58.4 Å². The van der Waals surface area contributed by atoms with E-state index in [0.29, 0.717) is 28.2 Å². The van der Waals surface area contributed by atoms with E-state index in [9.17, 15) is 24.5 Å². The molecule has 2 heterocycles. The third-order valence-electron chi connectivity index (χ3n) is 5.86. The van der Waals surface area contributed by atoms with Gasteiger partial charge in [0.15, 0.2) is 11.6 Å². The van der Waals surface area contributed by atoms with Crippen LogP contribution in [-0.4, -0.2) is 40.6 Å². The van der Waals surface area contributed by atoms with Gasteiger partial charge in [0.25, 0.3) is 5.56 Å². The largest absolute Gasteiger partial charge is 0.405 e. The number of hydrogen-bond acceptors (Lipinski definition) is 8. The molecule has 0 saturated heterocycles. The Balaban J connectivity index is 1.69. The predicted molar refractivity (Wildman–Crippen MR) is 133 cm³/mol. The van der Waals surface area contributed by atoms with Crippen LogP contribution in [0.1, 0.15) is 47.7 Å². The van der Waals surface area contributed by atoms with Gasteiger partial charge in [0.1, 0.15) is 10.7 Å². The molecule has 37 heavy (non-hydrogen) atoms. The number of nitrogens with two attached hydrogens (primary N) is 1. The fourth-order valence-corrected chi connectivity index (χ4v) is 4.23. The van der Waals surface area contributed by atoms with Gasteiger partial charge in [-0.15, -0.1) is 0 Å². The van der Waals surface area contributed by atoms with E-state index in [-0.39, 0.29) is 33.8 Å². The van der Waals surface area contributed by atoms with Crippen molar-refractivity contribution in [3.8, 4) is 0 Å². The lowest BCUT2D eigenvalue weighted by Gasteiger charge is -2.12. The zero-order chi connectivity index (χ0) is 27.1. The van der Waals surface area contributed by atoms with Crippen molar-refractivity contribution >= 4 is 29.2 Å². The standard InChI is InChI=1S/C24H23ClF2N6O4/c1-3-7-29-22(13-5-4-6-18(28)21(13)27)17(26)11-32-12(2)8-16(20(25)23(32)34)14-9-15(14)19-10-30-33(31-19)24(35,36)37/h3-8,10-11,14-15,35-37H,9,28H2,1-2H3/b7-3+,17-11-,29-22+. The minimum Gasteiger partial charge on any atom is -0.396 e. The van der Waals surface area contributed by atoms with Crippen molar-refractivity contribution in [1.82, 2.24) is 19.6 Å². The van der Waals surface area contributed by atoms with Crippen LogP contribution >= 0.6 is 11.6 Å². The van der Waals surface area contributed by atoms with Crippen LogP contribution in [0.4, 0.5) is 14.5 Å². The number of benzene rings is 1. The Kier molecular flexibility index (Phi) is 7.11. The van der Waals surface area contributed by atoms with Crippen LogP contribution in [0, 0.1) is 12.7 Å². The van der Waals surface area contributed by atoms with Crippen LogP contribution < -0.4 is 11.3 Å². The number of allylic oxidation sites excluding steroid dienone is 2. The van der Waals surface area contributed by atoms with Crippen molar-refractivity contribution in [2.24, 2.45) is 4.99 Å². The first kappa shape index (κ1) is 26.4. The van der Waals surface area contributed by atoms with Gasteiger partial charge in [-0.2, -0.15) is 10.2 Å². The molecule has 1 aromatic carbocycles. The number of hydrogen-bond donors (Lipinski definition) is 4. The lowest BCUT2D eigenvalue weighted by molar-refractivity contribution is -0.387. The SMILES string of the molecule is C/C=C/N=C(/C(F)=C/n1c(C)cc(C2CC2c2cnn(C(O)(O)O)n2)c(Cl)c1=O)c1cccc(N)c1F. The third-order valence-corrected chi connectivity index (χ3v) is 6.24. The van der Waals surface area contributed by atoms with Gasteiger partial charge < -0.3 is 21.1 Å². The number of pyridine rings is 1. The molecule has 0 amide bonds. The first-order valence-corrected chi connectivity index (χ1v) is 11.4. The first-order chi connectivity index (χ1) is 17.4. The number of aromatic nitrogens is 4. The smallest absolute Gasteiger partial charge is 0.396 e. The highest BCUT2D eigenvalue weighted by Crippen LogP contribution is 2.55. The Morgan fingerprint density at radius 2 is 2.05 bits per heavy atom. The summed E-state index contributed by atoms with van der Waals surface area (Å²) in [6.07, 6.45) is 2.27. The molecule has 3 aromatic rings. The van der Waals surface area contributed by atoms with E-state index in [0.717, 1.165) is 10.8 Å². The molecule has 0 radical (unpaired) electrons.